The number of ether oxygens (including phenoxy) is 1. The molecule has 4 heterocycles. The standard InChI is InChI=1S/C20H27N7O3S/c1-3-30-17-15(14-10-21-22-11-14)4-9-27-18(17)24-19(25-27)23-16-5-8-26(12-13(16)2)20(6-7-20)31(28)29/h4,9-11,13,16H,3,5-8,12H2,1-2H3,(H,21,22)(H,23,25)(H,28,29)/t13-,16+/m1/s1. The summed E-state index contributed by atoms with van der Waals surface area (Å²) in [7, 11) is 0. The highest BCUT2D eigenvalue weighted by atomic mass is 32.2. The zero-order valence-electron chi connectivity index (χ0n) is 17.6. The predicted molar refractivity (Wildman–Crippen MR) is 117 cm³/mol. The number of aromatic amines is 1. The smallest absolute Gasteiger partial charge is 0.243 e. The number of hydrogen-bond donors (Lipinski definition) is 3. The molecule has 10 nitrogen and oxygen atoms in total. The van der Waals surface area contributed by atoms with Crippen molar-refractivity contribution in [3.05, 3.63) is 24.7 Å². The van der Waals surface area contributed by atoms with Gasteiger partial charge in [0, 0.05) is 42.7 Å². The summed E-state index contributed by atoms with van der Waals surface area (Å²) in [4.78, 5) is 6.39. The monoisotopic (exact) mass is 445 g/mol. The summed E-state index contributed by atoms with van der Waals surface area (Å²) in [5.41, 5.74) is 2.50. The number of fused-ring (bicyclic) bond motifs is 1. The minimum atomic E-state index is -1.80. The molecule has 0 radical (unpaired) electrons. The lowest BCUT2D eigenvalue weighted by Crippen LogP contribution is -2.51. The zero-order valence-corrected chi connectivity index (χ0v) is 18.4. The minimum absolute atomic E-state index is 0.195. The molecule has 166 valence electrons. The normalized spacial score (nSPS) is 24.2. The van der Waals surface area contributed by atoms with Gasteiger partial charge in [-0.1, -0.05) is 6.92 Å². The summed E-state index contributed by atoms with van der Waals surface area (Å²) in [5, 5.41) is 15.0. The van der Waals surface area contributed by atoms with Gasteiger partial charge in [0.1, 0.15) is 4.87 Å². The van der Waals surface area contributed by atoms with Gasteiger partial charge in [0.2, 0.25) is 5.95 Å². The minimum Gasteiger partial charge on any atom is -0.489 e. The molecule has 1 saturated carbocycles. The number of nitrogens with zero attached hydrogens (tertiary/aromatic N) is 5. The second-order valence-corrected chi connectivity index (χ2v) is 9.60. The number of pyridine rings is 1. The Hall–Kier alpha value is -2.50. The summed E-state index contributed by atoms with van der Waals surface area (Å²) >= 11 is -1.80. The van der Waals surface area contributed by atoms with Crippen LogP contribution in [0.5, 0.6) is 5.75 Å². The van der Waals surface area contributed by atoms with Gasteiger partial charge in [0.05, 0.1) is 12.8 Å². The van der Waals surface area contributed by atoms with Crippen LogP contribution in [-0.4, -0.2) is 69.1 Å². The highest BCUT2D eigenvalue weighted by molar-refractivity contribution is 7.81. The van der Waals surface area contributed by atoms with Crippen molar-refractivity contribution >= 4 is 22.7 Å². The summed E-state index contributed by atoms with van der Waals surface area (Å²) in [6.07, 6.45) is 7.92. The summed E-state index contributed by atoms with van der Waals surface area (Å²) in [6.45, 7) is 6.20. The first-order chi connectivity index (χ1) is 15.0. The van der Waals surface area contributed by atoms with E-state index in [1.165, 1.54) is 0 Å². The Morgan fingerprint density at radius 2 is 2.29 bits per heavy atom. The average molecular weight is 446 g/mol. The maximum atomic E-state index is 11.8. The van der Waals surface area contributed by atoms with E-state index in [9.17, 15) is 8.76 Å². The van der Waals surface area contributed by atoms with Crippen molar-refractivity contribution in [3.8, 4) is 16.9 Å². The van der Waals surface area contributed by atoms with Crippen LogP contribution in [0.15, 0.2) is 24.7 Å². The first kappa shape index (κ1) is 20.4. The molecule has 3 atom stereocenters. The Morgan fingerprint density at radius 1 is 1.45 bits per heavy atom. The second-order valence-electron chi connectivity index (χ2n) is 8.34. The maximum Gasteiger partial charge on any atom is 0.243 e. The maximum absolute atomic E-state index is 11.8. The molecule has 1 aliphatic heterocycles. The molecule has 0 aromatic carbocycles. The predicted octanol–water partition coefficient (Wildman–Crippen LogP) is 2.35. The highest BCUT2D eigenvalue weighted by Gasteiger charge is 2.54. The lowest BCUT2D eigenvalue weighted by atomic mass is 9.94. The van der Waals surface area contributed by atoms with Crippen LogP contribution in [0.3, 0.4) is 0 Å². The van der Waals surface area contributed by atoms with Crippen LogP contribution in [0.2, 0.25) is 0 Å². The molecule has 11 heteroatoms. The van der Waals surface area contributed by atoms with E-state index in [1.54, 1.807) is 10.7 Å². The SMILES string of the molecule is CCOc1c(-c2cn[nH]c2)ccn2nc(N[C@H]3CCN(C4(S(=O)O)CC4)C[C@H]3C)nc12. The topological polar surface area (TPSA) is 121 Å². The Balaban J connectivity index is 1.37. The molecule has 0 bridgehead atoms. The molecule has 2 fully saturated rings. The lowest BCUT2D eigenvalue weighted by Gasteiger charge is -2.40. The van der Waals surface area contributed by atoms with Crippen LogP contribution in [-0.2, 0) is 11.1 Å². The van der Waals surface area contributed by atoms with Gasteiger partial charge in [-0.2, -0.15) is 10.1 Å². The van der Waals surface area contributed by atoms with E-state index in [1.807, 2.05) is 25.4 Å². The highest BCUT2D eigenvalue weighted by Crippen LogP contribution is 2.46. The Bertz CT molecular complexity index is 1100. The average Bonchev–Trinajstić information content (AvgIpc) is 3.19. The summed E-state index contributed by atoms with van der Waals surface area (Å²) in [6, 6.07) is 2.15. The van der Waals surface area contributed by atoms with Crippen LogP contribution in [0.1, 0.15) is 33.1 Å². The Labute approximate surface area is 182 Å². The third-order valence-corrected chi connectivity index (χ3v) is 7.67. The van der Waals surface area contributed by atoms with Gasteiger partial charge in [-0.15, -0.1) is 5.10 Å². The fourth-order valence-corrected chi connectivity index (χ4v) is 5.34. The number of nitrogens with one attached hydrogen (secondary N) is 2. The fourth-order valence-electron chi connectivity index (χ4n) is 4.50. The molecule has 0 spiro atoms. The molecule has 31 heavy (non-hydrogen) atoms. The van der Waals surface area contributed by atoms with Gasteiger partial charge in [-0.3, -0.25) is 10.00 Å². The van der Waals surface area contributed by atoms with Gasteiger partial charge in [0.15, 0.2) is 22.5 Å². The van der Waals surface area contributed by atoms with E-state index in [-0.39, 0.29) is 6.04 Å². The van der Waals surface area contributed by atoms with E-state index in [4.69, 9.17) is 9.72 Å². The molecule has 3 aromatic rings. The van der Waals surface area contributed by atoms with Gasteiger partial charge in [-0.05, 0) is 38.2 Å². The van der Waals surface area contributed by atoms with Crippen molar-refractivity contribution in [3.63, 3.8) is 0 Å². The largest absolute Gasteiger partial charge is 0.489 e. The van der Waals surface area contributed by atoms with E-state index < -0.39 is 16.0 Å². The Kier molecular flexibility index (Phi) is 5.19. The third-order valence-electron chi connectivity index (χ3n) is 6.36. The van der Waals surface area contributed by atoms with Gasteiger partial charge in [-0.25, -0.2) is 8.72 Å². The molecule has 1 saturated heterocycles. The van der Waals surface area contributed by atoms with E-state index in [0.29, 0.717) is 29.9 Å². The molecule has 0 amide bonds. The number of aromatic nitrogens is 5. The zero-order chi connectivity index (χ0) is 21.6. The number of rotatable bonds is 7. The molecule has 3 N–H and O–H groups in total. The van der Waals surface area contributed by atoms with E-state index >= 15 is 0 Å². The first-order valence-corrected chi connectivity index (χ1v) is 11.8. The van der Waals surface area contributed by atoms with Crippen LogP contribution >= 0.6 is 0 Å². The number of piperidine rings is 1. The quantitative estimate of drug-likeness (QED) is 0.474. The number of hydrogen-bond acceptors (Lipinski definition) is 7. The lowest BCUT2D eigenvalue weighted by molar-refractivity contribution is 0.143. The first-order valence-electron chi connectivity index (χ1n) is 10.7. The van der Waals surface area contributed by atoms with Crippen LogP contribution in [0, 0.1) is 5.92 Å². The van der Waals surface area contributed by atoms with Gasteiger partial charge >= 0.3 is 0 Å². The van der Waals surface area contributed by atoms with Crippen molar-refractivity contribution in [2.24, 2.45) is 5.92 Å². The molecule has 5 rings (SSSR count). The molecular weight excluding hydrogens is 418 g/mol. The van der Waals surface area contributed by atoms with E-state index in [0.717, 1.165) is 43.5 Å². The molecular formula is C20H27N7O3S. The van der Waals surface area contributed by atoms with Gasteiger partial charge in [0.25, 0.3) is 0 Å². The number of H-pyrrole nitrogens is 1. The van der Waals surface area contributed by atoms with Crippen molar-refractivity contribution in [2.45, 2.75) is 44.0 Å². The van der Waals surface area contributed by atoms with Crippen LogP contribution in [0.25, 0.3) is 16.8 Å². The number of likely N-dealkylation sites (tertiary alicyclic amines) is 1. The summed E-state index contributed by atoms with van der Waals surface area (Å²) in [5.74, 6) is 1.53. The molecule has 1 aliphatic carbocycles. The fraction of sp³-hybridized carbons (Fsp3) is 0.550. The van der Waals surface area contributed by atoms with E-state index in [2.05, 4.69) is 32.4 Å². The second kappa shape index (κ2) is 7.88. The third kappa shape index (κ3) is 3.60. The van der Waals surface area contributed by atoms with Gasteiger partial charge < -0.3 is 14.6 Å². The Morgan fingerprint density at radius 3 is 2.94 bits per heavy atom. The van der Waals surface area contributed by atoms with Crippen molar-refractivity contribution < 1.29 is 13.5 Å². The van der Waals surface area contributed by atoms with Crippen LogP contribution < -0.4 is 10.1 Å². The number of anilines is 1. The molecule has 1 unspecified atom stereocenters. The van der Waals surface area contributed by atoms with Crippen molar-refractivity contribution in [2.75, 3.05) is 25.0 Å². The molecule has 2 aliphatic rings. The summed E-state index contributed by atoms with van der Waals surface area (Å²) < 4.78 is 29.1. The molecule has 3 aromatic heterocycles. The van der Waals surface area contributed by atoms with Crippen LogP contribution in [0.4, 0.5) is 5.95 Å². The van der Waals surface area contributed by atoms with Crippen molar-refractivity contribution in [1.29, 1.82) is 0 Å². The van der Waals surface area contributed by atoms with Crippen molar-refractivity contribution in [1.82, 2.24) is 29.7 Å².